The van der Waals surface area contributed by atoms with Crippen LogP contribution in [0.2, 0.25) is 0 Å². The molecule has 1 aromatic heterocycles. The summed E-state index contributed by atoms with van der Waals surface area (Å²) in [5.74, 6) is 2.62. The third kappa shape index (κ3) is 13.7. The van der Waals surface area contributed by atoms with Crippen LogP contribution < -0.4 is 19.2 Å². The Kier molecular flexibility index (Phi) is 16.8. The third-order valence-electron chi connectivity index (χ3n) is 12.9. The zero-order valence-corrected chi connectivity index (χ0v) is 39.5. The molecule has 0 amide bonds. The first-order chi connectivity index (χ1) is 32.6. The highest BCUT2D eigenvalue weighted by atomic mass is 32.1. The zero-order valence-electron chi connectivity index (χ0n) is 38.7. The van der Waals surface area contributed by atoms with Crippen molar-refractivity contribution >= 4 is 49.6 Å². The van der Waals surface area contributed by atoms with Gasteiger partial charge in [-0.1, -0.05) is 55.5 Å². The molecule has 0 spiro atoms. The number of carbonyl (C=O) groups is 1. The lowest BCUT2D eigenvalue weighted by Gasteiger charge is -2.37. The second-order valence-corrected chi connectivity index (χ2v) is 19.0. The van der Waals surface area contributed by atoms with Crippen molar-refractivity contribution in [3.8, 4) is 17.2 Å². The predicted molar refractivity (Wildman–Crippen MR) is 259 cm³/mol. The molecule has 0 N–H and O–H groups in total. The average molecular weight is 940 g/mol. The molecule has 358 valence electrons. The summed E-state index contributed by atoms with van der Waals surface area (Å²) in [6.45, 7) is 10.8. The van der Waals surface area contributed by atoms with Gasteiger partial charge in [0.2, 0.25) is 5.13 Å². The van der Waals surface area contributed by atoms with Gasteiger partial charge < -0.3 is 33.2 Å². The molecule has 3 fully saturated rings. The van der Waals surface area contributed by atoms with Crippen molar-refractivity contribution in [2.45, 2.75) is 103 Å². The van der Waals surface area contributed by atoms with Crippen molar-refractivity contribution in [3.05, 3.63) is 102 Å². The van der Waals surface area contributed by atoms with E-state index in [2.05, 4.69) is 13.5 Å². The number of unbranched alkanes of at least 4 members (excludes halogenated alkanes) is 1. The fraction of sp³-hybridized carbons (Fsp3) is 0.491. The highest BCUT2D eigenvalue weighted by Crippen LogP contribution is 2.41. The van der Waals surface area contributed by atoms with Gasteiger partial charge >= 0.3 is 12.1 Å². The van der Waals surface area contributed by atoms with Gasteiger partial charge in [-0.2, -0.15) is 13.9 Å². The predicted octanol–water partition coefficient (Wildman–Crippen LogP) is 12.2. The van der Waals surface area contributed by atoms with Crippen molar-refractivity contribution in [3.63, 3.8) is 0 Å². The molecule has 11 nitrogen and oxygen atoms in total. The summed E-state index contributed by atoms with van der Waals surface area (Å²) >= 11 is 1.54. The number of fused-ring (bicyclic) bond motifs is 2. The minimum atomic E-state index is -3.67. The fourth-order valence-corrected chi connectivity index (χ4v) is 9.90. The number of aromatic nitrogens is 1. The summed E-state index contributed by atoms with van der Waals surface area (Å²) in [5.41, 5.74) is 1.37. The summed E-state index contributed by atoms with van der Waals surface area (Å²) in [6.07, 6.45) is 9.43. The van der Waals surface area contributed by atoms with Crippen LogP contribution in [0.25, 0.3) is 21.0 Å². The number of halogens is 2. The Morgan fingerprint density at radius 1 is 0.866 bits per heavy atom. The molecule has 2 aliphatic carbocycles. The van der Waals surface area contributed by atoms with Crippen molar-refractivity contribution in [1.29, 1.82) is 0 Å². The highest BCUT2D eigenvalue weighted by Gasteiger charge is 2.36. The normalized spacial score (nSPS) is 20.8. The maximum absolute atomic E-state index is 16.3. The Balaban J connectivity index is 0.909. The molecule has 67 heavy (non-hydrogen) atoms. The van der Waals surface area contributed by atoms with Gasteiger partial charge in [-0.25, -0.2) is 14.8 Å². The highest BCUT2D eigenvalue weighted by molar-refractivity contribution is 7.22. The number of hydrogen-bond acceptors (Lipinski definition) is 12. The van der Waals surface area contributed by atoms with Crippen LogP contribution in [0, 0.1) is 17.8 Å². The molecule has 8 rings (SSSR count). The Morgan fingerprint density at radius 3 is 2.36 bits per heavy atom. The first-order valence-corrected chi connectivity index (χ1v) is 24.8. The van der Waals surface area contributed by atoms with E-state index in [1.165, 1.54) is 12.1 Å². The van der Waals surface area contributed by atoms with Crippen LogP contribution in [-0.4, -0.2) is 75.7 Å². The Hall–Kier alpha value is -5.15. The van der Waals surface area contributed by atoms with Gasteiger partial charge in [-0.3, -0.25) is 0 Å². The maximum Gasteiger partial charge on any atom is 0.426 e. The summed E-state index contributed by atoms with van der Waals surface area (Å²) in [6, 6.07) is 22.9. The first-order valence-electron chi connectivity index (χ1n) is 24.0. The van der Waals surface area contributed by atoms with Crippen LogP contribution in [0.5, 0.6) is 17.2 Å². The largest absolute Gasteiger partial charge is 0.493 e. The van der Waals surface area contributed by atoms with Gasteiger partial charge in [0, 0.05) is 24.1 Å². The van der Waals surface area contributed by atoms with Crippen molar-refractivity contribution < 1.29 is 46.7 Å². The number of para-hydroxylation sites is 1. The monoisotopic (exact) mass is 939 g/mol. The topological polar surface area (TPSA) is 113 Å². The van der Waals surface area contributed by atoms with Crippen molar-refractivity contribution in [2.75, 3.05) is 51.2 Å². The molecule has 14 heteroatoms. The van der Waals surface area contributed by atoms with E-state index in [4.69, 9.17) is 43.2 Å². The molecule has 4 aromatic carbocycles. The minimum Gasteiger partial charge on any atom is -0.493 e. The summed E-state index contributed by atoms with van der Waals surface area (Å²) in [7, 11) is 0. The quantitative estimate of drug-likeness (QED) is 0.0148. The molecule has 2 heterocycles. The number of ether oxygens (including phenoxy) is 7. The van der Waals surface area contributed by atoms with Crippen LogP contribution in [-0.2, 0) is 29.9 Å². The number of alkyl halides is 2. The lowest BCUT2D eigenvalue weighted by Crippen LogP contribution is -2.30. The smallest absolute Gasteiger partial charge is 0.426 e. The molecule has 2 saturated carbocycles. The number of hydrogen-bond donors (Lipinski definition) is 0. The number of rotatable bonds is 24. The lowest BCUT2D eigenvalue weighted by atomic mass is 9.71. The molecular weight excluding hydrogens is 877 g/mol. The van der Waals surface area contributed by atoms with Crippen molar-refractivity contribution in [2.24, 2.45) is 22.9 Å². The first kappa shape index (κ1) is 48.3. The van der Waals surface area contributed by atoms with Gasteiger partial charge in [-0.15, -0.1) is 0 Å². The molecule has 1 saturated heterocycles. The van der Waals surface area contributed by atoms with Gasteiger partial charge in [0.05, 0.1) is 54.5 Å². The Morgan fingerprint density at radius 2 is 1.60 bits per heavy atom. The molecule has 1 aliphatic heterocycles. The van der Waals surface area contributed by atoms with Gasteiger partial charge in [-0.05, 0) is 148 Å². The number of anilines is 1. The number of hydrazone groups is 1. The number of esters is 1. The van der Waals surface area contributed by atoms with Crippen LogP contribution in [0.15, 0.2) is 96.1 Å². The van der Waals surface area contributed by atoms with Gasteiger partial charge in [0.25, 0.3) is 0 Å². The zero-order chi connectivity index (χ0) is 46.6. The molecule has 0 bridgehead atoms. The Labute approximate surface area is 396 Å². The Bertz CT molecular complexity index is 2410. The molecule has 1 atom stereocenters. The molecule has 5 aromatic rings. The van der Waals surface area contributed by atoms with E-state index in [0.717, 1.165) is 84.9 Å². The SMILES string of the molecule is C=C(C)C(=O)OCCOC1CCC(C2CCC(COc3ccc(OC(F)(F)c4ccc5cc(OCCCOC6CO6)ccc5c4)c(/C=N/N(CCCC)c4nc5ccccc5s4)c3)CC2)CC1. The molecule has 1 unspecified atom stereocenters. The van der Waals surface area contributed by atoms with Crippen LogP contribution in [0.3, 0.4) is 0 Å². The summed E-state index contributed by atoms with van der Waals surface area (Å²) < 4.78 is 73.3. The van der Waals surface area contributed by atoms with Crippen LogP contribution in [0.1, 0.15) is 95.6 Å². The van der Waals surface area contributed by atoms with E-state index in [1.807, 2.05) is 35.3 Å². The summed E-state index contributed by atoms with van der Waals surface area (Å²) in [4.78, 5) is 16.5. The lowest BCUT2D eigenvalue weighted by molar-refractivity contribution is -0.185. The van der Waals surface area contributed by atoms with Gasteiger partial charge in [0.1, 0.15) is 30.5 Å². The van der Waals surface area contributed by atoms with E-state index in [1.54, 1.807) is 60.9 Å². The van der Waals surface area contributed by atoms with E-state index in [-0.39, 0.29) is 36.3 Å². The van der Waals surface area contributed by atoms with E-state index >= 15 is 8.78 Å². The molecule has 0 radical (unpaired) electrons. The molecule has 3 aliphatic rings. The summed E-state index contributed by atoms with van der Waals surface area (Å²) in [5, 5.41) is 8.83. The number of carbonyl (C=O) groups excluding carboxylic acids is 1. The number of thiazole rings is 1. The van der Waals surface area contributed by atoms with Gasteiger partial charge in [0.15, 0.2) is 6.29 Å². The maximum atomic E-state index is 16.3. The third-order valence-corrected chi connectivity index (χ3v) is 13.9. The van der Waals surface area contributed by atoms with E-state index in [0.29, 0.717) is 91.8 Å². The van der Waals surface area contributed by atoms with E-state index < -0.39 is 6.11 Å². The minimum absolute atomic E-state index is 0.0197. The van der Waals surface area contributed by atoms with Crippen molar-refractivity contribution in [1.82, 2.24) is 4.98 Å². The van der Waals surface area contributed by atoms with E-state index in [9.17, 15) is 4.79 Å². The number of epoxide rings is 1. The average Bonchev–Trinajstić information content (AvgIpc) is 4.07. The number of benzene rings is 4. The number of nitrogens with zero attached hydrogens (tertiary/aromatic N) is 3. The fourth-order valence-electron chi connectivity index (χ4n) is 8.95. The van der Waals surface area contributed by atoms with Crippen LogP contribution >= 0.6 is 11.3 Å². The van der Waals surface area contributed by atoms with Crippen LogP contribution in [0.4, 0.5) is 13.9 Å². The second-order valence-electron chi connectivity index (χ2n) is 18.0. The standard InChI is InChI=1S/C53H63F2N3O8S/c1-4-5-25-58(52-57-47-9-6-7-10-49(47)67-52)56-33-42-32-46(64-34-37-11-13-38(14-12-37)39-16-20-44(21-17-39)61-28-29-63-51(59)36(2)3)23-24-48(42)66-53(54,55)43-19-15-41-31-45(22-18-40(41)30-43)60-26-8-27-62-50-35-65-50/h6-7,9-10,15,18-19,22-24,30-33,37-39,44,50H,2,4-5,8,11-14,16-17,20-21,25-29,34-35H2,1,3H3/b56-33+. The molecular formula is C53H63F2N3O8S. The second kappa shape index (κ2) is 23.2.